The summed E-state index contributed by atoms with van der Waals surface area (Å²) < 4.78 is 52.4. The highest BCUT2D eigenvalue weighted by Crippen LogP contribution is 2.41. The Morgan fingerprint density at radius 3 is 2.37 bits per heavy atom. The van der Waals surface area contributed by atoms with Crippen LogP contribution in [0.1, 0.15) is 25.2 Å². The first-order valence-electron chi connectivity index (χ1n) is 9.47. The predicted molar refractivity (Wildman–Crippen MR) is 108 cm³/mol. The maximum absolute atomic E-state index is 14.0. The van der Waals surface area contributed by atoms with Crippen molar-refractivity contribution in [2.45, 2.75) is 26.6 Å². The number of rotatable bonds is 6. The fraction of sp³-hybridized carbons (Fsp3) is 0.318. The smallest absolute Gasteiger partial charge is 0.450 e. The number of hydrogen-bond donors (Lipinski definition) is 1. The van der Waals surface area contributed by atoms with Crippen LogP contribution in [0, 0.1) is 0 Å². The standard InChI is InChI=1S/C22H22F3NO4/c1-4-26(5-2)12-15-16(27)11-10-14-19(28)18(13-8-6-7-9-17(13)29-3)21(22(23,24)25)30-20(14)15/h6-11,27H,4-5,12H2,1-3H3. The number of para-hydroxylation sites is 1. The number of phenols is 1. The van der Waals surface area contributed by atoms with Gasteiger partial charge in [0.05, 0.1) is 23.6 Å². The van der Waals surface area contributed by atoms with Gasteiger partial charge < -0.3 is 14.3 Å². The Hall–Kier alpha value is -3.00. The van der Waals surface area contributed by atoms with Crippen molar-refractivity contribution in [1.29, 1.82) is 0 Å². The van der Waals surface area contributed by atoms with E-state index in [4.69, 9.17) is 9.15 Å². The van der Waals surface area contributed by atoms with E-state index < -0.39 is 22.9 Å². The Bertz CT molecular complexity index is 1120. The second kappa shape index (κ2) is 8.39. The highest BCUT2D eigenvalue weighted by atomic mass is 19.4. The van der Waals surface area contributed by atoms with Crippen LogP contribution in [0.15, 0.2) is 45.6 Å². The Morgan fingerprint density at radius 2 is 1.77 bits per heavy atom. The first-order chi connectivity index (χ1) is 14.2. The molecule has 0 bridgehead atoms. The molecule has 0 unspecified atom stereocenters. The molecule has 1 aromatic heterocycles. The Labute approximate surface area is 171 Å². The van der Waals surface area contributed by atoms with E-state index in [9.17, 15) is 23.1 Å². The van der Waals surface area contributed by atoms with Crippen LogP contribution in [0.5, 0.6) is 11.5 Å². The molecule has 0 saturated carbocycles. The van der Waals surface area contributed by atoms with Crippen molar-refractivity contribution < 1.29 is 27.4 Å². The molecule has 3 aromatic rings. The lowest BCUT2D eigenvalue weighted by Crippen LogP contribution is -2.23. The monoisotopic (exact) mass is 421 g/mol. The number of halogens is 3. The number of hydrogen-bond acceptors (Lipinski definition) is 5. The van der Waals surface area contributed by atoms with Gasteiger partial charge in [-0.1, -0.05) is 32.0 Å². The van der Waals surface area contributed by atoms with Crippen LogP contribution in [0.25, 0.3) is 22.1 Å². The Kier molecular flexibility index (Phi) is 6.07. The number of ether oxygens (including phenoxy) is 1. The van der Waals surface area contributed by atoms with E-state index >= 15 is 0 Å². The predicted octanol–water partition coefficient (Wildman–Crippen LogP) is 5.03. The molecule has 0 amide bonds. The number of phenolic OH excluding ortho intramolecular Hbond substituents is 1. The maximum Gasteiger partial charge on any atom is 0.450 e. The maximum atomic E-state index is 14.0. The third-order valence-corrected chi connectivity index (χ3v) is 5.05. The van der Waals surface area contributed by atoms with Crippen LogP contribution < -0.4 is 10.2 Å². The van der Waals surface area contributed by atoms with E-state index in [0.717, 1.165) is 0 Å². The molecule has 0 fully saturated rings. The highest BCUT2D eigenvalue weighted by molar-refractivity contribution is 5.87. The SMILES string of the molecule is CCN(CC)Cc1c(O)ccc2c(=O)c(-c3ccccc3OC)c(C(F)(F)F)oc12. The van der Waals surface area contributed by atoms with E-state index in [1.54, 1.807) is 6.07 Å². The van der Waals surface area contributed by atoms with Crippen molar-refractivity contribution in [2.75, 3.05) is 20.2 Å². The molecule has 3 rings (SSSR count). The summed E-state index contributed by atoms with van der Waals surface area (Å²) in [6.45, 7) is 5.15. The molecule has 2 aromatic carbocycles. The van der Waals surface area contributed by atoms with Crippen LogP contribution in [-0.4, -0.2) is 30.2 Å². The molecule has 0 radical (unpaired) electrons. The van der Waals surface area contributed by atoms with Gasteiger partial charge >= 0.3 is 6.18 Å². The molecule has 8 heteroatoms. The minimum atomic E-state index is -4.93. The van der Waals surface area contributed by atoms with E-state index in [1.165, 1.54) is 37.4 Å². The lowest BCUT2D eigenvalue weighted by atomic mass is 9.99. The highest BCUT2D eigenvalue weighted by Gasteiger charge is 2.40. The molecule has 0 spiro atoms. The van der Waals surface area contributed by atoms with Crippen LogP contribution in [0.3, 0.4) is 0 Å². The van der Waals surface area contributed by atoms with Crippen LogP contribution in [0.2, 0.25) is 0 Å². The first kappa shape index (κ1) is 21.7. The van der Waals surface area contributed by atoms with Crippen molar-refractivity contribution in [2.24, 2.45) is 0 Å². The molecule has 5 nitrogen and oxygen atoms in total. The van der Waals surface area contributed by atoms with Gasteiger partial charge in [0.1, 0.15) is 17.1 Å². The number of alkyl halides is 3. The quantitative estimate of drug-likeness (QED) is 0.605. The summed E-state index contributed by atoms with van der Waals surface area (Å²) in [4.78, 5) is 15.1. The Balaban J connectivity index is 2.42. The summed E-state index contributed by atoms with van der Waals surface area (Å²) in [7, 11) is 1.31. The topological polar surface area (TPSA) is 62.9 Å². The van der Waals surface area contributed by atoms with Crippen LogP contribution in [-0.2, 0) is 12.7 Å². The van der Waals surface area contributed by atoms with Gasteiger partial charge in [0.15, 0.2) is 0 Å². The molecule has 1 heterocycles. The molecular weight excluding hydrogens is 399 g/mol. The molecule has 1 N–H and O–H groups in total. The summed E-state index contributed by atoms with van der Waals surface area (Å²) in [6, 6.07) is 8.55. The lowest BCUT2D eigenvalue weighted by molar-refractivity contribution is -0.152. The van der Waals surface area contributed by atoms with Crippen molar-refractivity contribution in [3.8, 4) is 22.6 Å². The fourth-order valence-electron chi connectivity index (χ4n) is 3.42. The van der Waals surface area contributed by atoms with Gasteiger partial charge in [0.25, 0.3) is 0 Å². The van der Waals surface area contributed by atoms with Crippen LogP contribution >= 0.6 is 0 Å². The summed E-state index contributed by atoms with van der Waals surface area (Å²) >= 11 is 0. The molecular formula is C22H22F3NO4. The molecule has 0 aliphatic rings. The van der Waals surface area contributed by atoms with Gasteiger partial charge in [-0.05, 0) is 31.3 Å². The zero-order valence-electron chi connectivity index (χ0n) is 16.8. The average molecular weight is 421 g/mol. The number of fused-ring (bicyclic) bond motifs is 1. The summed E-state index contributed by atoms with van der Waals surface area (Å²) in [5.41, 5.74) is -1.59. The summed E-state index contributed by atoms with van der Waals surface area (Å²) in [6.07, 6.45) is -4.93. The fourth-order valence-corrected chi connectivity index (χ4v) is 3.42. The first-order valence-corrected chi connectivity index (χ1v) is 9.47. The molecule has 0 saturated heterocycles. The van der Waals surface area contributed by atoms with Gasteiger partial charge in [0, 0.05) is 12.1 Å². The average Bonchev–Trinajstić information content (AvgIpc) is 2.72. The molecule has 30 heavy (non-hydrogen) atoms. The van der Waals surface area contributed by atoms with E-state index in [0.29, 0.717) is 13.1 Å². The third-order valence-electron chi connectivity index (χ3n) is 5.05. The zero-order valence-corrected chi connectivity index (χ0v) is 16.8. The zero-order chi connectivity index (χ0) is 22.1. The largest absolute Gasteiger partial charge is 0.507 e. The number of benzene rings is 2. The second-order valence-electron chi connectivity index (χ2n) is 6.73. The van der Waals surface area contributed by atoms with Gasteiger partial charge in [-0.2, -0.15) is 13.2 Å². The number of methoxy groups -OCH3 is 1. The summed E-state index contributed by atoms with van der Waals surface area (Å²) in [5.74, 6) is -1.52. The van der Waals surface area contributed by atoms with Gasteiger partial charge in [-0.3, -0.25) is 9.69 Å². The molecule has 0 aliphatic heterocycles. The number of nitrogens with zero attached hydrogens (tertiary/aromatic N) is 1. The van der Waals surface area contributed by atoms with Gasteiger partial charge in [-0.15, -0.1) is 0 Å². The van der Waals surface area contributed by atoms with Gasteiger partial charge in [-0.25, -0.2) is 0 Å². The van der Waals surface area contributed by atoms with E-state index in [1.807, 2.05) is 18.7 Å². The van der Waals surface area contributed by atoms with Crippen LogP contribution in [0.4, 0.5) is 13.2 Å². The molecule has 160 valence electrons. The van der Waals surface area contributed by atoms with Crippen molar-refractivity contribution >= 4 is 11.0 Å². The minimum Gasteiger partial charge on any atom is -0.507 e. The van der Waals surface area contributed by atoms with Crippen molar-refractivity contribution in [3.63, 3.8) is 0 Å². The van der Waals surface area contributed by atoms with Crippen molar-refractivity contribution in [1.82, 2.24) is 4.90 Å². The lowest BCUT2D eigenvalue weighted by Gasteiger charge is -2.20. The van der Waals surface area contributed by atoms with Crippen molar-refractivity contribution in [3.05, 3.63) is 57.9 Å². The molecule has 0 aliphatic carbocycles. The summed E-state index contributed by atoms with van der Waals surface area (Å²) in [5, 5.41) is 10.3. The van der Waals surface area contributed by atoms with E-state index in [2.05, 4.69) is 0 Å². The molecule has 0 atom stereocenters. The number of aromatic hydroxyl groups is 1. The Morgan fingerprint density at radius 1 is 1.10 bits per heavy atom. The second-order valence-corrected chi connectivity index (χ2v) is 6.73. The van der Waals surface area contributed by atoms with Gasteiger partial charge in [0.2, 0.25) is 11.2 Å². The minimum absolute atomic E-state index is 0.0126. The third kappa shape index (κ3) is 3.87. The normalized spacial score (nSPS) is 12.0. The van der Waals surface area contributed by atoms with E-state index in [-0.39, 0.29) is 40.1 Å².